The highest BCUT2D eigenvalue weighted by molar-refractivity contribution is 6.28. The predicted octanol–water partition coefficient (Wildman–Crippen LogP) is 2.22. The molecule has 0 aromatic carbocycles. The van der Waals surface area contributed by atoms with Crippen molar-refractivity contribution in [3.8, 4) is 5.88 Å². The molecule has 7 heteroatoms. The van der Waals surface area contributed by atoms with Gasteiger partial charge in [0.2, 0.25) is 5.28 Å². The van der Waals surface area contributed by atoms with Gasteiger partial charge in [0.05, 0.1) is 11.5 Å². The van der Waals surface area contributed by atoms with E-state index in [-0.39, 0.29) is 16.9 Å². The van der Waals surface area contributed by atoms with Gasteiger partial charge in [-0.2, -0.15) is 4.98 Å². The molecule has 6 nitrogen and oxygen atoms in total. The molecule has 0 bridgehead atoms. The fraction of sp³-hybridized carbons (Fsp3) is 0.500. The second-order valence-electron chi connectivity index (χ2n) is 2.79. The maximum atomic E-state index is 10.6. The summed E-state index contributed by atoms with van der Waals surface area (Å²) in [5, 5.41) is 10.5. The molecule has 1 rings (SSSR count). The molecule has 0 aliphatic carbocycles. The Morgan fingerprint density at radius 1 is 1.67 bits per heavy atom. The maximum absolute atomic E-state index is 10.6. The molecule has 0 fully saturated rings. The van der Waals surface area contributed by atoms with E-state index >= 15 is 0 Å². The number of aromatic nitrogens is 2. The fourth-order valence-electron chi connectivity index (χ4n) is 0.884. The Bertz CT molecular complexity index is 359. The van der Waals surface area contributed by atoms with Gasteiger partial charge in [0.25, 0.3) is 5.88 Å². The summed E-state index contributed by atoms with van der Waals surface area (Å²) in [6.07, 6.45) is 2.78. The second kappa shape index (κ2) is 5.45. The average Bonchev–Trinajstić information content (AvgIpc) is 2.18. The molecular formula is C8H10ClN3O3. The number of unbranched alkanes of at least 4 members (excludes halogenated alkanes) is 1. The van der Waals surface area contributed by atoms with Gasteiger partial charge in [0, 0.05) is 0 Å². The zero-order chi connectivity index (χ0) is 11.3. The zero-order valence-electron chi connectivity index (χ0n) is 8.14. The Morgan fingerprint density at radius 3 is 3.00 bits per heavy atom. The highest BCUT2D eigenvalue weighted by atomic mass is 35.5. The number of ether oxygens (including phenoxy) is 1. The summed E-state index contributed by atoms with van der Waals surface area (Å²) >= 11 is 5.51. The lowest BCUT2D eigenvalue weighted by Crippen LogP contribution is -2.03. The molecule has 15 heavy (non-hydrogen) atoms. The van der Waals surface area contributed by atoms with Crippen molar-refractivity contribution < 1.29 is 9.66 Å². The van der Waals surface area contributed by atoms with E-state index in [4.69, 9.17) is 16.3 Å². The summed E-state index contributed by atoms with van der Waals surface area (Å²) in [6.45, 7) is 2.37. The number of halogens is 1. The molecule has 0 N–H and O–H groups in total. The number of hydrogen-bond donors (Lipinski definition) is 0. The number of hydrogen-bond acceptors (Lipinski definition) is 5. The maximum Gasteiger partial charge on any atom is 0.349 e. The lowest BCUT2D eigenvalue weighted by Gasteiger charge is -2.03. The highest BCUT2D eigenvalue weighted by Gasteiger charge is 2.18. The fourth-order valence-corrected chi connectivity index (χ4v) is 1.01. The van der Waals surface area contributed by atoms with Crippen LogP contribution in [0.3, 0.4) is 0 Å². The van der Waals surface area contributed by atoms with Gasteiger partial charge in [-0.15, -0.1) is 0 Å². The van der Waals surface area contributed by atoms with Crippen LogP contribution in [0.25, 0.3) is 0 Å². The average molecular weight is 232 g/mol. The van der Waals surface area contributed by atoms with E-state index in [1.54, 1.807) is 0 Å². The van der Waals surface area contributed by atoms with Gasteiger partial charge >= 0.3 is 5.69 Å². The molecule has 1 aromatic heterocycles. The molecule has 82 valence electrons. The van der Waals surface area contributed by atoms with Gasteiger partial charge < -0.3 is 4.74 Å². The Balaban J connectivity index is 2.82. The van der Waals surface area contributed by atoms with Gasteiger partial charge in [-0.05, 0) is 18.0 Å². The molecule has 0 unspecified atom stereocenters. The van der Waals surface area contributed by atoms with Crippen LogP contribution in [0.4, 0.5) is 5.69 Å². The predicted molar refractivity (Wildman–Crippen MR) is 54.1 cm³/mol. The van der Waals surface area contributed by atoms with Crippen LogP contribution >= 0.6 is 11.6 Å². The van der Waals surface area contributed by atoms with Crippen molar-refractivity contribution in [1.29, 1.82) is 0 Å². The molecule has 0 saturated heterocycles. The van der Waals surface area contributed by atoms with Crippen LogP contribution in [-0.4, -0.2) is 21.5 Å². The lowest BCUT2D eigenvalue weighted by atomic mass is 10.4. The van der Waals surface area contributed by atoms with Crippen LogP contribution in [0, 0.1) is 10.1 Å². The van der Waals surface area contributed by atoms with Gasteiger partial charge in [-0.25, -0.2) is 4.98 Å². The Labute approximate surface area is 91.4 Å². The summed E-state index contributed by atoms with van der Waals surface area (Å²) in [5.41, 5.74) is -0.268. The molecule has 0 amide bonds. The molecule has 0 spiro atoms. The first-order valence-corrected chi connectivity index (χ1v) is 4.82. The molecule has 0 aliphatic rings. The van der Waals surface area contributed by atoms with Crippen LogP contribution in [-0.2, 0) is 0 Å². The van der Waals surface area contributed by atoms with Crippen LogP contribution in [0.5, 0.6) is 5.88 Å². The number of nitro groups is 1. The van der Waals surface area contributed by atoms with Crippen molar-refractivity contribution in [2.45, 2.75) is 19.8 Å². The standard InChI is InChI=1S/C8H10ClN3O3/c1-2-3-4-15-7-6(12(13)14)5-10-8(9)11-7/h5H,2-4H2,1H3. The first kappa shape index (κ1) is 11.6. The van der Waals surface area contributed by atoms with E-state index in [1.807, 2.05) is 6.92 Å². The topological polar surface area (TPSA) is 78.2 Å². The Hall–Kier alpha value is -1.43. The molecule has 0 aliphatic heterocycles. The third kappa shape index (κ3) is 3.32. The first-order chi connectivity index (χ1) is 7.15. The lowest BCUT2D eigenvalue weighted by molar-refractivity contribution is -0.386. The van der Waals surface area contributed by atoms with Crippen LogP contribution in [0.1, 0.15) is 19.8 Å². The van der Waals surface area contributed by atoms with Gasteiger partial charge in [-0.1, -0.05) is 13.3 Å². The Kier molecular flexibility index (Phi) is 4.23. The van der Waals surface area contributed by atoms with E-state index in [1.165, 1.54) is 0 Å². The quantitative estimate of drug-likeness (QED) is 0.336. The van der Waals surface area contributed by atoms with Gasteiger partial charge in [-0.3, -0.25) is 10.1 Å². The van der Waals surface area contributed by atoms with Crippen molar-refractivity contribution in [1.82, 2.24) is 9.97 Å². The zero-order valence-corrected chi connectivity index (χ0v) is 8.90. The minimum absolute atomic E-state index is 0.0629. The normalized spacial score (nSPS) is 10.0. The van der Waals surface area contributed by atoms with Crippen LogP contribution in [0.15, 0.2) is 6.20 Å². The van der Waals surface area contributed by atoms with Crippen LogP contribution < -0.4 is 4.74 Å². The first-order valence-electron chi connectivity index (χ1n) is 4.45. The van der Waals surface area contributed by atoms with E-state index in [9.17, 15) is 10.1 Å². The van der Waals surface area contributed by atoms with Crippen molar-refractivity contribution in [2.24, 2.45) is 0 Å². The van der Waals surface area contributed by atoms with E-state index in [0.717, 1.165) is 19.0 Å². The third-order valence-corrected chi connectivity index (χ3v) is 1.82. The van der Waals surface area contributed by atoms with Gasteiger partial charge in [0.15, 0.2) is 0 Å². The molecule has 1 heterocycles. The third-order valence-electron chi connectivity index (χ3n) is 1.64. The van der Waals surface area contributed by atoms with Crippen molar-refractivity contribution in [3.63, 3.8) is 0 Å². The van der Waals surface area contributed by atoms with E-state index in [0.29, 0.717) is 6.61 Å². The molecule has 0 atom stereocenters. The Morgan fingerprint density at radius 2 is 2.40 bits per heavy atom. The minimum Gasteiger partial charge on any atom is -0.473 e. The van der Waals surface area contributed by atoms with Crippen molar-refractivity contribution >= 4 is 17.3 Å². The summed E-state index contributed by atoms with van der Waals surface area (Å²) < 4.78 is 5.14. The molecule has 0 radical (unpaired) electrons. The summed E-state index contributed by atoms with van der Waals surface area (Å²) in [5.74, 6) is -0.0755. The second-order valence-corrected chi connectivity index (χ2v) is 3.13. The van der Waals surface area contributed by atoms with Gasteiger partial charge in [0.1, 0.15) is 6.20 Å². The van der Waals surface area contributed by atoms with Crippen molar-refractivity contribution in [3.05, 3.63) is 21.6 Å². The van der Waals surface area contributed by atoms with Crippen molar-refractivity contribution in [2.75, 3.05) is 6.61 Å². The monoisotopic (exact) mass is 231 g/mol. The smallest absolute Gasteiger partial charge is 0.349 e. The largest absolute Gasteiger partial charge is 0.473 e. The number of nitrogens with zero attached hydrogens (tertiary/aromatic N) is 3. The van der Waals surface area contributed by atoms with E-state index < -0.39 is 4.92 Å². The summed E-state index contributed by atoms with van der Waals surface area (Å²) in [6, 6.07) is 0. The molecule has 0 saturated carbocycles. The minimum atomic E-state index is -0.600. The molecule has 1 aromatic rings. The highest BCUT2D eigenvalue weighted by Crippen LogP contribution is 2.24. The summed E-state index contributed by atoms with van der Waals surface area (Å²) in [7, 11) is 0. The SMILES string of the molecule is CCCCOc1nc(Cl)ncc1[N+](=O)[O-]. The molecular weight excluding hydrogens is 222 g/mol. The summed E-state index contributed by atoms with van der Waals surface area (Å²) in [4.78, 5) is 17.1. The van der Waals surface area contributed by atoms with E-state index in [2.05, 4.69) is 9.97 Å². The number of rotatable bonds is 5. The van der Waals surface area contributed by atoms with Crippen LogP contribution in [0.2, 0.25) is 5.28 Å².